The number of nitrogens with zero attached hydrogens (tertiary/aromatic N) is 3. The fourth-order valence-electron chi connectivity index (χ4n) is 0.679. The van der Waals surface area contributed by atoms with Crippen molar-refractivity contribution in [1.29, 1.82) is 0 Å². The number of thioether (sulfide) groups is 1. The maximum absolute atomic E-state index is 8.50. The van der Waals surface area contributed by atoms with Gasteiger partial charge in [0, 0.05) is 12.8 Å². The Morgan fingerprint density at radius 2 is 2.55 bits per heavy atom. The zero-order chi connectivity index (χ0) is 8.10. The van der Waals surface area contributed by atoms with E-state index < -0.39 is 0 Å². The van der Waals surface area contributed by atoms with E-state index in [-0.39, 0.29) is 6.61 Å². The van der Waals surface area contributed by atoms with Crippen LogP contribution in [-0.4, -0.2) is 32.2 Å². The molecule has 1 heterocycles. The third kappa shape index (κ3) is 2.51. The Morgan fingerprint density at radius 1 is 1.73 bits per heavy atom. The zero-order valence-corrected chi connectivity index (χ0v) is 7.21. The largest absolute Gasteiger partial charge is 0.396 e. The van der Waals surface area contributed by atoms with Crippen LogP contribution in [0.5, 0.6) is 0 Å². The van der Waals surface area contributed by atoms with E-state index in [1.54, 1.807) is 16.4 Å². The van der Waals surface area contributed by atoms with Crippen molar-refractivity contribution in [2.75, 3.05) is 12.4 Å². The second-order valence-corrected chi connectivity index (χ2v) is 3.18. The summed E-state index contributed by atoms with van der Waals surface area (Å²) in [6.07, 6.45) is 1.54. The minimum atomic E-state index is 0.225. The second-order valence-electron chi connectivity index (χ2n) is 2.08. The number of aryl methyl sites for hydroxylation is 1. The van der Waals surface area contributed by atoms with Crippen molar-refractivity contribution in [3.63, 3.8) is 0 Å². The molecular weight excluding hydrogens is 162 g/mol. The average molecular weight is 173 g/mol. The molecule has 0 amide bonds. The van der Waals surface area contributed by atoms with E-state index in [0.29, 0.717) is 0 Å². The molecule has 1 rings (SSSR count). The highest BCUT2D eigenvalue weighted by Gasteiger charge is 1.98. The first-order valence-corrected chi connectivity index (χ1v) is 4.51. The lowest BCUT2D eigenvalue weighted by atomic mass is 10.7. The SMILES string of the molecule is Cn1ncnc1CSCCO. The Labute approximate surface area is 69.6 Å². The van der Waals surface area contributed by atoms with E-state index in [2.05, 4.69) is 10.1 Å². The lowest BCUT2D eigenvalue weighted by Crippen LogP contribution is -1.98. The van der Waals surface area contributed by atoms with Crippen LogP contribution in [0.1, 0.15) is 5.82 Å². The van der Waals surface area contributed by atoms with Crippen LogP contribution in [0, 0.1) is 0 Å². The van der Waals surface area contributed by atoms with Crippen LogP contribution >= 0.6 is 11.8 Å². The highest BCUT2D eigenvalue weighted by Crippen LogP contribution is 2.06. The van der Waals surface area contributed by atoms with Gasteiger partial charge < -0.3 is 5.11 Å². The van der Waals surface area contributed by atoms with Crippen molar-refractivity contribution in [3.8, 4) is 0 Å². The number of aromatic nitrogens is 3. The maximum atomic E-state index is 8.50. The van der Waals surface area contributed by atoms with Gasteiger partial charge in [-0.1, -0.05) is 0 Å². The van der Waals surface area contributed by atoms with Crippen molar-refractivity contribution in [2.24, 2.45) is 7.05 Å². The normalized spacial score (nSPS) is 10.4. The third-order valence-electron chi connectivity index (χ3n) is 1.27. The first-order chi connectivity index (χ1) is 5.34. The molecule has 0 aliphatic carbocycles. The van der Waals surface area contributed by atoms with Gasteiger partial charge in [-0.3, -0.25) is 4.68 Å². The minimum Gasteiger partial charge on any atom is -0.396 e. The van der Waals surface area contributed by atoms with E-state index >= 15 is 0 Å². The summed E-state index contributed by atoms with van der Waals surface area (Å²) in [5.41, 5.74) is 0. The molecule has 0 aliphatic rings. The van der Waals surface area contributed by atoms with E-state index in [1.165, 1.54) is 6.33 Å². The van der Waals surface area contributed by atoms with Crippen molar-refractivity contribution >= 4 is 11.8 Å². The Balaban J connectivity index is 2.32. The van der Waals surface area contributed by atoms with E-state index in [9.17, 15) is 0 Å². The van der Waals surface area contributed by atoms with Crippen molar-refractivity contribution < 1.29 is 5.11 Å². The first kappa shape index (κ1) is 8.55. The maximum Gasteiger partial charge on any atom is 0.138 e. The number of aliphatic hydroxyl groups is 1. The summed E-state index contributed by atoms with van der Waals surface area (Å²) in [7, 11) is 1.86. The lowest BCUT2D eigenvalue weighted by molar-refractivity contribution is 0.322. The molecule has 0 fully saturated rings. The molecule has 0 atom stereocenters. The van der Waals surface area contributed by atoms with Crippen molar-refractivity contribution in [3.05, 3.63) is 12.2 Å². The summed E-state index contributed by atoms with van der Waals surface area (Å²) in [5.74, 6) is 2.52. The van der Waals surface area contributed by atoms with E-state index in [1.807, 2.05) is 7.05 Å². The van der Waals surface area contributed by atoms with Gasteiger partial charge >= 0.3 is 0 Å². The predicted octanol–water partition coefficient (Wildman–Crippen LogP) is 0.0406. The summed E-state index contributed by atoms with van der Waals surface area (Å²) < 4.78 is 1.74. The van der Waals surface area contributed by atoms with Gasteiger partial charge in [-0.05, 0) is 0 Å². The Bertz CT molecular complexity index is 213. The van der Waals surface area contributed by atoms with Gasteiger partial charge in [0.25, 0.3) is 0 Å². The van der Waals surface area contributed by atoms with Crippen LogP contribution in [0.2, 0.25) is 0 Å². The molecular formula is C6H11N3OS. The molecule has 0 saturated carbocycles. The standard InChI is InChI=1S/C6H11N3OS/c1-9-6(7-5-8-9)4-11-3-2-10/h5,10H,2-4H2,1H3. The Morgan fingerprint density at radius 3 is 3.09 bits per heavy atom. The smallest absolute Gasteiger partial charge is 0.138 e. The average Bonchev–Trinajstić information content (AvgIpc) is 2.37. The lowest BCUT2D eigenvalue weighted by Gasteiger charge is -1.97. The van der Waals surface area contributed by atoms with Crippen molar-refractivity contribution in [1.82, 2.24) is 14.8 Å². The number of aliphatic hydroxyl groups excluding tert-OH is 1. The molecule has 11 heavy (non-hydrogen) atoms. The molecule has 62 valence electrons. The number of rotatable bonds is 4. The van der Waals surface area contributed by atoms with Gasteiger partial charge in [-0.2, -0.15) is 16.9 Å². The summed E-state index contributed by atoms with van der Waals surface area (Å²) in [5, 5.41) is 12.4. The molecule has 5 heteroatoms. The molecule has 4 nitrogen and oxygen atoms in total. The molecule has 1 N–H and O–H groups in total. The fraction of sp³-hybridized carbons (Fsp3) is 0.667. The van der Waals surface area contributed by atoms with Gasteiger partial charge in [0.2, 0.25) is 0 Å². The zero-order valence-electron chi connectivity index (χ0n) is 6.40. The van der Waals surface area contributed by atoms with Crippen molar-refractivity contribution in [2.45, 2.75) is 5.75 Å². The van der Waals surface area contributed by atoms with E-state index in [4.69, 9.17) is 5.11 Å². The molecule has 0 aliphatic heterocycles. The highest BCUT2D eigenvalue weighted by molar-refractivity contribution is 7.98. The molecule has 0 saturated heterocycles. The first-order valence-electron chi connectivity index (χ1n) is 3.36. The molecule has 1 aromatic heterocycles. The van der Waals surface area contributed by atoms with Crippen LogP contribution < -0.4 is 0 Å². The molecule has 0 radical (unpaired) electrons. The summed E-state index contributed by atoms with van der Waals surface area (Å²) in [4.78, 5) is 4.04. The fourth-order valence-corrected chi connectivity index (χ4v) is 1.40. The Hall–Kier alpha value is -0.550. The van der Waals surface area contributed by atoms with Gasteiger partial charge in [-0.15, -0.1) is 0 Å². The van der Waals surface area contributed by atoms with Crippen LogP contribution in [0.3, 0.4) is 0 Å². The summed E-state index contributed by atoms with van der Waals surface area (Å²) in [6, 6.07) is 0. The summed E-state index contributed by atoms with van der Waals surface area (Å²) >= 11 is 1.65. The molecule has 0 aromatic carbocycles. The third-order valence-corrected chi connectivity index (χ3v) is 2.21. The minimum absolute atomic E-state index is 0.225. The van der Waals surface area contributed by atoms with Gasteiger partial charge in [0.1, 0.15) is 12.2 Å². The topological polar surface area (TPSA) is 50.9 Å². The van der Waals surface area contributed by atoms with Gasteiger partial charge in [0.05, 0.1) is 12.4 Å². The predicted molar refractivity (Wildman–Crippen MR) is 44.3 cm³/mol. The summed E-state index contributed by atoms with van der Waals surface area (Å²) in [6.45, 7) is 0.225. The Kier molecular flexibility index (Phi) is 3.38. The molecule has 0 spiro atoms. The van der Waals surface area contributed by atoms with Crippen LogP contribution in [0.4, 0.5) is 0 Å². The monoisotopic (exact) mass is 173 g/mol. The number of hydrogen-bond donors (Lipinski definition) is 1. The molecule has 0 unspecified atom stereocenters. The van der Waals surface area contributed by atoms with Crippen LogP contribution in [0.15, 0.2) is 6.33 Å². The van der Waals surface area contributed by atoms with Crippen LogP contribution in [-0.2, 0) is 12.8 Å². The van der Waals surface area contributed by atoms with E-state index in [0.717, 1.165) is 17.3 Å². The molecule has 1 aromatic rings. The molecule has 0 bridgehead atoms. The van der Waals surface area contributed by atoms with Crippen LogP contribution in [0.25, 0.3) is 0 Å². The highest BCUT2D eigenvalue weighted by atomic mass is 32.2. The second kappa shape index (κ2) is 4.35. The van der Waals surface area contributed by atoms with Gasteiger partial charge in [-0.25, -0.2) is 4.98 Å². The quantitative estimate of drug-likeness (QED) is 0.653. The number of hydrogen-bond acceptors (Lipinski definition) is 4. The van der Waals surface area contributed by atoms with Gasteiger partial charge in [0.15, 0.2) is 0 Å².